The number of hydrogen-bond acceptors (Lipinski definition) is 3. The molecule has 1 N–H and O–H groups in total. The molecule has 90 valence electrons. The molecule has 4 heteroatoms. The van der Waals surface area contributed by atoms with E-state index in [1.165, 1.54) is 5.56 Å². The topological polar surface area (TPSA) is 33.1 Å². The maximum atomic E-state index is 4.32. The third-order valence-corrected chi connectivity index (χ3v) is 3.27. The zero-order valence-electron chi connectivity index (χ0n) is 10.5. The van der Waals surface area contributed by atoms with E-state index in [1.54, 1.807) is 0 Å². The number of aryl methyl sites for hydroxylation is 1. The van der Waals surface area contributed by atoms with Crippen LogP contribution in [0.15, 0.2) is 12.4 Å². The van der Waals surface area contributed by atoms with E-state index < -0.39 is 0 Å². The summed E-state index contributed by atoms with van der Waals surface area (Å²) in [6.07, 6.45) is 4.03. The molecular formula is C12H22N4. The van der Waals surface area contributed by atoms with Gasteiger partial charge < -0.3 is 5.32 Å². The fourth-order valence-corrected chi connectivity index (χ4v) is 2.23. The first-order valence-corrected chi connectivity index (χ1v) is 6.11. The third kappa shape index (κ3) is 2.83. The van der Waals surface area contributed by atoms with Gasteiger partial charge in [-0.3, -0.25) is 9.58 Å². The Balaban J connectivity index is 1.84. The summed E-state index contributed by atoms with van der Waals surface area (Å²) in [5, 5.41) is 7.82. The van der Waals surface area contributed by atoms with Crippen molar-refractivity contribution in [2.24, 2.45) is 0 Å². The summed E-state index contributed by atoms with van der Waals surface area (Å²) in [6.45, 7) is 10.9. The van der Waals surface area contributed by atoms with Gasteiger partial charge in [0.1, 0.15) is 0 Å². The monoisotopic (exact) mass is 222 g/mol. The maximum absolute atomic E-state index is 4.32. The summed E-state index contributed by atoms with van der Waals surface area (Å²) in [5.41, 5.74) is 1.24. The standard InChI is InChI=1S/C12H22N4/c1-10-6-14-16(8-10)5-4-15-9-11(2)13-7-12(15)3/h6,8,11-13H,4-5,7,9H2,1-3H3. The first kappa shape index (κ1) is 11.6. The lowest BCUT2D eigenvalue weighted by Crippen LogP contribution is -2.54. The molecular weight excluding hydrogens is 200 g/mol. The van der Waals surface area contributed by atoms with Gasteiger partial charge in [0.25, 0.3) is 0 Å². The summed E-state index contributed by atoms with van der Waals surface area (Å²) in [7, 11) is 0. The lowest BCUT2D eigenvalue weighted by atomic mass is 10.1. The molecule has 1 aromatic rings. The second-order valence-corrected chi connectivity index (χ2v) is 4.93. The van der Waals surface area contributed by atoms with Gasteiger partial charge in [0.2, 0.25) is 0 Å². The van der Waals surface area contributed by atoms with E-state index in [-0.39, 0.29) is 0 Å². The van der Waals surface area contributed by atoms with Crippen LogP contribution in [0.5, 0.6) is 0 Å². The Bertz CT molecular complexity index is 334. The SMILES string of the molecule is Cc1cnn(CCN2CC(C)NCC2C)c1. The molecule has 4 nitrogen and oxygen atoms in total. The number of rotatable bonds is 3. The molecule has 0 radical (unpaired) electrons. The van der Waals surface area contributed by atoms with Crippen molar-refractivity contribution in [2.45, 2.75) is 39.4 Å². The van der Waals surface area contributed by atoms with E-state index in [1.807, 2.05) is 10.9 Å². The zero-order chi connectivity index (χ0) is 11.5. The van der Waals surface area contributed by atoms with Gasteiger partial charge in [0.05, 0.1) is 12.7 Å². The quantitative estimate of drug-likeness (QED) is 0.824. The van der Waals surface area contributed by atoms with Crippen LogP contribution >= 0.6 is 0 Å². The number of piperazine rings is 1. The van der Waals surface area contributed by atoms with Crippen molar-refractivity contribution < 1.29 is 0 Å². The van der Waals surface area contributed by atoms with Gasteiger partial charge in [0.15, 0.2) is 0 Å². The fourth-order valence-electron chi connectivity index (χ4n) is 2.23. The van der Waals surface area contributed by atoms with Crippen LogP contribution in [0.1, 0.15) is 19.4 Å². The van der Waals surface area contributed by atoms with Gasteiger partial charge >= 0.3 is 0 Å². The van der Waals surface area contributed by atoms with Crippen molar-refractivity contribution in [1.29, 1.82) is 0 Å². The van der Waals surface area contributed by atoms with Gasteiger partial charge in [-0.2, -0.15) is 5.10 Å². The summed E-state index contributed by atoms with van der Waals surface area (Å²) in [5.74, 6) is 0. The van der Waals surface area contributed by atoms with Crippen LogP contribution in [-0.4, -0.2) is 46.4 Å². The molecule has 1 aliphatic rings. The molecule has 0 aromatic carbocycles. The summed E-state index contributed by atoms with van der Waals surface area (Å²) in [6, 6.07) is 1.24. The molecule has 16 heavy (non-hydrogen) atoms. The number of aromatic nitrogens is 2. The molecule has 1 fully saturated rings. The molecule has 2 atom stereocenters. The second kappa shape index (κ2) is 4.97. The average Bonchev–Trinajstić information content (AvgIpc) is 2.66. The second-order valence-electron chi connectivity index (χ2n) is 4.93. The van der Waals surface area contributed by atoms with Gasteiger partial charge in [-0.15, -0.1) is 0 Å². The molecule has 0 amide bonds. The minimum Gasteiger partial charge on any atom is -0.311 e. The number of hydrogen-bond donors (Lipinski definition) is 1. The largest absolute Gasteiger partial charge is 0.311 e. The van der Waals surface area contributed by atoms with Crippen LogP contribution in [0.4, 0.5) is 0 Å². The molecule has 1 aliphatic heterocycles. The van der Waals surface area contributed by atoms with Crippen LogP contribution in [0.2, 0.25) is 0 Å². The average molecular weight is 222 g/mol. The van der Waals surface area contributed by atoms with Crippen molar-refractivity contribution in [2.75, 3.05) is 19.6 Å². The van der Waals surface area contributed by atoms with Crippen molar-refractivity contribution >= 4 is 0 Å². The van der Waals surface area contributed by atoms with Crippen LogP contribution in [0.25, 0.3) is 0 Å². The predicted octanol–water partition coefficient (Wildman–Crippen LogP) is 0.874. The molecule has 0 aliphatic carbocycles. The normalized spacial score (nSPS) is 27.2. The van der Waals surface area contributed by atoms with Crippen molar-refractivity contribution in [3.63, 3.8) is 0 Å². The van der Waals surface area contributed by atoms with Crippen molar-refractivity contribution in [1.82, 2.24) is 20.0 Å². The van der Waals surface area contributed by atoms with E-state index in [9.17, 15) is 0 Å². The fraction of sp³-hybridized carbons (Fsp3) is 0.750. The lowest BCUT2D eigenvalue weighted by Gasteiger charge is -2.37. The molecule has 0 bridgehead atoms. The van der Waals surface area contributed by atoms with Crippen LogP contribution in [0.3, 0.4) is 0 Å². The Kier molecular flexibility index (Phi) is 3.61. The molecule has 1 aromatic heterocycles. The molecule has 1 saturated heterocycles. The van der Waals surface area contributed by atoms with E-state index in [0.29, 0.717) is 12.1 Å². The Hall–Kier alpha value is -0.870. The van der Waals surface area contributed by atoms with E-state index >= 15 is 0 Å². The highest BCUT2D eigenvalue weighted by molar-refractivity contribution is 4.99. The van der Waals surface area contributed by atoms with Gasteiger partial charge in [0, 0.05) is 37.9 Å². The van der Waals surface area contributed by atoms with E-state index in [2.05, 4.69) is 42.3 Å². The van der Waals surface area contributed by atoms with Crippen LogP contribution in [0, 0.1) is 6.92 Å². The lowest BCUT2D eigenvalue weighted by molar-refractivity contribution is 0.140. The highest BCUT2D eigenvalue weighted by atomic mass is 15.3. The van der Waals surface area contributed by atoms with Crippen molar-refractivity contribution in [3.05, 3.63) is 18.0 Å². The molecule has 2 unspecified atom stereocenters. The Morgan fingerprint density at radius 1 is 1.44 bits per heavy atom. The third-order valence-electron chi connectivity index (χ3n) is 3.27. The Morgan fingerprint density at radius 2 is 2.25 bits per heavy atom. The molecule has 2 rings (SSSR count). The number of nitrogens with zero attached hydrogens (tertiary/aromatic N) is 3. The Morgan fingerprint density at radius 3 is 2.94 bits per heavy atom. The molecule has 0 saturated carbocycles. The molecule has 2 heterocycles. The van der Waals surface area contributed by atoms with Crippen LogP contribution < -0.4 is 5.32 Å². The van der Waals surface area contributed by atoms with Gasteiger partial charge in [-0.05, 0) is 26.3 Å². The first-order valence-electron chi connectivity index (χ1n) is 6.11. The molecule has 0 spiro atoms. The maximum Gasteiger partial charge on any atom is 0.0536 e. The predicted molar refractivity (Wildman–Crippen MR) is 65.5 cm³/mol. The van der Waals surface area contributed by atoms with Crippen LogP contribution in [-0.2, 0) is 6.54 Å². The zero-order valence-corrected chi connectivity index (χ0v) is 10.5. The highest BCUT2D eigenvalue weighted by Gasteiger charge is 2.21. The smallest absolute Gasteiger partial charge is 0.0536 e. The van der Waals surface area contributed by atoms with Crippen molar-refractivity contribution in [3.8, 4) is 0 Å². The highest BCUT2D eigenvalue weighted by Crippen LogP contribution is 2.06. The number of nitrogens with one attached hydrogen (secondary N) is 1. The Labute approximate surface area is 97.6 Å². The minimum atomic E-state index is 0.607. The van der Waals surface area contributed by atoms with E-state index in [0.717, 1.165) is 26.2 Å². The van der Waals surface area contributed by atoms with E-state index in [4.69, 9.17) is 0 Å². The summed E-state index contributed by atoms with van der Waals surface area (Å²) < 4.78 is 2.04. The van der Waals surface area contributed by atoms with Gasteiger partial charge in [-0.25, -0.2) is 0 Å². The summed E-state index contributed by atoms with van der Waals surface area (Å²) >= 11 is 0. The minimum absolute atomic E-state index is 0.607. The van der Waals surface area contributed by atoms with Gasteiger partial charge in [-0.1, -0.05) is 0 Å². The first-order chi connectivity index (χ1) is 7.65. The summed E-state index contributed by atoms with van der Waals surface area (Å²) in [4.78, 5) is 2.54.